The molecule has 4 nitrogen and oxygen atoms in total. The summed E-state index contributed by atoms with van der Waals surface area (Å²) in [6.45, 7) is 1.45. The third kappa shape index (κ3) is 2.35. The molecule has 0 saturated heterocycles. The summed E-state index contributed by atoms with van der Waals surface area (Å²) in [7, 11) is 1.55. The Kier molecular flexibility index (Phi) is 3.13. The van der Waals surface area contributed by atoms with Crippen LogP contribution >= 0.6 is 11.8 Å². The highest BCUT2D eigenvalue weighted by molar-refractivity contribution is 8.06. The maximum atomic E-state index is 11.2. The summed E-state index contributed by atoms with van der Waals surface area (Å²) in [5.74, 6) is -0.0693. The van der Waals surface area contributed by atoms with Crippen LogP contribution in [-0.4, -0.2) is 23.8 Å². The number of nitrogens with zero attached hydrogens (tertiary/aromatic N) is 1. The summed E-state index contributed by atoms with van der Waals surface area (Å²) in [5.41, 5.74) is 0. The first kappa shape index (κ1) is 9.85. The number of hydrogen-bond donors (Lipinski definition) is 1. The second-order valence-corrected chi connectivity index (χ2v) is 3.35. The van der Waals surface area contributed by atoms with Crippen LogP contribution in [0.2, 0.25) is 0 Å². The smallest absolute Gasteiger partial charge is 0.326 e. The van der Waals surface area contributed by atoms with E-state index in [1.54, 1.807) is 18.7 Å². The Hall–Kier alpha value is -1.23. The lowest BCUT2D eigenvalue weighted by Crippen LogP contribution is -2.31. The van der Waals surface area contributed by atoms with Gasteiger partial charge in [0.1, 0.15) is 0 Å². The Morgan fingerprint density at radius 3 is 2.85 bits per heavy atom. The Balaban J connectivity index is 2.79. The monoisotopic (exact) mass is 198 g/mol. The molecule has 0 spiro atoms. The lowest BCUT2D eigenvalue weighted by atomic mass is 10.4. The molecular weight excluding hydrogens is 188 g/mol. The fraction of sp³-hybridized carbons (Fsp3) is 0.250. The molecular formula is C8H10N2O2S. The van der Waals surface area contributed by atoms with Crippen LogP contribution in [0.3, 0.4) is 0 Å². The van der Waals surface area contributed by atoms with Gasteiger partial charge in [-0.15, -0.1) is 0 Å². The van der Waals surface area contributed by atoms with Crippen molar-refractivity contribution in [1.82, 2.24) is 10.2 Å². The standard InChI is InChI=1S/C8H10N2O2S/c1-6(11)5-7-10(3-4-13-7)8(12)9-2/h3-5H,1-2H3,(H,9,12)/b7-5+. The maximum absolute atomic E-state index is 11.2. The molecule has 0 fully saturated rings. The van der Waals surface area contributed by atoms with Gasteiger partial charge in [0.15, 0.2) is 5.78 Å². The summed E-state index contributed by atoms with van der Waals surface area (Å²) in [4.78, 5) is 23.4. The Labute approximate surface area is 80.7 Å². The highest BCUT2D eigenvalue weighted by atomic mass is 32.2. The van der Waals surface area contributed by atoms with Crippen LogP contribution in [0.4, 0.5) is 4.79 Å². The molecule has 0 aromatic heterocycles. The molecule has 1 heterocycles. The van der Waals surface area contributed by atoms with Crippen LogP contribution in [0.5, 0.6) is 0 Å². The number of carbonyl (C=O) groups excluding carboxylic acids is 2. The molecule has 0 unspecified atom stereocenters. The average molecular weight is 198 g/mol. The van der Waals surface area contributed by atoms with Crippen molar-refractivity contribution < 1.29 is 9.59 Å². The van der Waals surface area contributed by atoms with Crippen molar-refractivity contribution in [3.05, 3.63) is 22.7 Å². The number of amides is 2. The zero-order valence-electron chi connectivity index (χ0n) is 7.40. The molecule has 0 atom stereocenters. The lowest BCUT2D eigenvalue weighted by Gasteiger charge is -2.13. The van der Waals surface area contributed by atoms with E-state index in [0.29, 0.717) is 5.03 Å². The molecule has 0 bridgehead atoms. The van der Waals surface area contributed by atoms with Gasteiger partial charge in [-0.3, -0.25) is 9.69 Å². The van der Waals surface area contributed by atoms with Crippen molar-refractivity contribution in [1.29, 1.82) is 0 Å². The van der Waals surface area contributed by atoms with E-state index in [4.69, 9.17) is 0 Å². The molecule has 0 aromatic carbocycles. The fourth-order valence-corrected chi connectivity index (χ4v) is 1.67. The third-order valence-corrected chi connectivity index (χ3v) is 2.21. The van der Waals surface area contributed by atoms with Crippen LogP contribution in [0.15, 0.2) is 22.7 Å². The fourth-order valence-electron chi connectivity index (χ4n) is 0.857. The maximum Gasteiger partial charge on any atom is 0.326 e. The largest absolute Gasteiger partial charge is 0.340 e. The van der Waals surface area contributed by atoms with E-state index >= 15 is 0 Å². The quantitative estimate of drug-likeness (QED) is 0.646. The molecule has 1 rings (SSSR count). The normalized spacial score (nSPS) is 18.0. The van der Waals surface area contributed by atoms with Crippen molar-refractivity contribution in [2.45, 2.75) is 6.92 Å². The minimum absolute atomic E-state index is 0.0693. The second-order valence-electron chi connectivity index (χ2n) is 2.42. The molecule has 2 amide bonds. The molecule has 0 aliphatic carbocycles. The van der Waals surface area contributed by atoms with Crippen molar-refractivity contribution in [2.24, 2.45) is 0 Å². The van der Waals surface area contributed by atoms with Crippen molar-refractivity contribution in [3.8, 4) is 0 Å². The van der Waals surface area contributed by atoms with E-state index in [9.17, 15) is 9.59 Å². The van der Waals surface area contributed by atoms with Crippen LogP contribution in [0.1, 0.15) is 6.92 Å². The summed E-state index contributed by atoms with van der Waals surface area (Å²) >= 11 is 1.35. The molecule has 13 heavy (non-hydrogen) atoms. The molecule has 1 N–H and O–H groups in total. The van der Waals surface area contributed by atoms with Gasteiger partial charge in [0.2, 0.25) is 0 Å². The van der Waals surface area contributed by atoms with E-state index in [2.05, 4.69) is 5.32 Å². The van der Waals surface area contributed by atoms with Gasteiger partial charge >= 0.3 is 6.03 Å². The highest BCUT2D eigenvalue weighted by Crippen LogP contribution is 2.28. The summed E-state index contributed by atoms with van der Waals surface area (Å²) < 4.78 is 0. The second kappa shape index (κ2) is 4.13. The van der Waals surface area contributed by atoms with E-state index in [0.717, 1.165) is 0 Å². The van der Waals surface area contributed by atoms with E-state index in [1.807, 2.05) is 0 Å². The van der Waals surface area contributed by atoms with Gasteiger partial charge in [0.05, 0.1) is 5.03 Å². The number of thioether (sulfide) groups is 1. The Morgan fingerprint density at radius 1 is 1.62 bits per heavy atom. The number of nitrogens with one attached hydrogen (secondary N) is 1. The average Bonchev–Trinajstić information content (AvgIpc) is 2.50. The van der Waals surface area contributed by atoms with Crippen LogP contribution in [-0.2, 0) is 4.79 Å². The van der Waals surface area contributed by atoms with Gasteiger partial charge in [0, 0.05) is 19.3 Å². The summed E-state index contributed by atoms with van der Waals surface area (Å²) in [6, 6.07) is -0.242. The molecule has 0 radical (unpaired) electrons. The van der Waals surface area contributed by atoms with Crippen molar-refractivity contribution in [2.75, 3.05) is 7.05 Å². The molecule has 1 aliphatic heterocycles. The first-order valence-electron chi connectivity index (χ1n) is 3.71. The molecule has 0 saturated carbocycles. The zero-order valence-corrected chi connectivity index (χ0v) is 8.22. The number of urea groups is 1. The summed E-state index contributed by atoms with van der Waals surface area (Å²) in [6.07, 6.45) is 3.05. The van der Waals surface area contributed by atoms with Gasteiger partial charge < -0.3 is 5.32 Å². The van der Waals surface area contributed by atoms with E-state index in [-0.39, 0.29) is 11.8 Å². The minimum atomic E-state index is -0.242. The van der Waals surface area contributed by atoms with Crippen LogP contribution in [0, 0.1) is 0 Å². The Bertz CT molecular complexity index is 297. The predicted molar refractivity (Wildman–Crippen MR) is 51.8 cm³/mol. The number of allylic oxidation sites excluding steroid dienone is 1. The van der Waals surface area contributed by atoms with Gasteiger partial charge in [-0.25, -0.2) is 4.79 Å². The van der Waals surface area contributed by atoms with Gasteiger partial charge in [-0.2, -0.15) is 0 Å². The number of carbonyl (C=O) groups is 2. The molecule has 5 heteroatoms. The predicted octanol–water partition coefficient (Wildman–Crippen LogP) is 1.28. The number of ketones is 1. The topological polar surface area (TPSA) is 49.4 Å². The molecule has 1 aliphatic rings. The van der Waals surface area contributed by atoms with Gasteiger partial charge in [-0.05, 0) is 12.3 Å². The van der Waals surface area contributed by atoms with E-state index in [1.165, 1.54) is 29.7 Å². The summed E-state index contributed by atoms with van der Waals surface area (Å²) in [5, 5.41) is 4.87. The molecule has 70 valence electrons. The third-order valence-electron chi connectivity index (χ3n) is 1.40. The lowest BCUT2D eigenvalue weighted by molar-refractivity contribution is -0.112. The first-order chi connectivity index (χ1) is 6.15. The minimum Gasteiger partial charge on any atom is -0.340 e. The number of hydrogen-bond acceptors (Lipinski definition) is 3. The van der Waals surface area contributed by atoms with Crippen molar-refractivity contribution in [3.63, 3.8) is 0 Å². The van der Waals surface area contributed by atoms with Crippen LogP contribution < -0.4 is 5.32 Å². The van der Waals surface area contributed by atoms with E-state index < -0.39 is 0 Å². The van der Waals surface area contributed by atoms with Crippen molar-refractivity contribution >= 4 is 23.6 Å². The number of rotatable bonds is 1. The Morgan fingerprint density at radius 2 is 2.31 bits per heavy atom. The first-order valence-corrected chi connectivity index (χ1v) is 4.59. The van der Waals surface area contributed by atoms with Crippen LogP contribution in [0.25, 0.3) is 0 Å². The SMILES string of the molecule is CNC(=O)N1C=CS/C1=C/C(C)=O. The van der Waals surface area contributed by atoms with Gasteiger partial charge in [0.25, 0.3) is 0 Å². The highest BCUT2D eigenvalue weighted by Gasteiger charge is 2.18. The zero-order chi connectivity index (χ0) is 9.84. The molecule has 0 aromatic rings. The van der Waals surface area contributed by atoms with Gasteiger partial charge in [-0.1, -0.05) is 11.8 Å².